The topological polar surface area (TPSA) is 42.0 Å². The van der Waals surface area contributed by atoms with E-state index in [1.165, 1.54) is 17.5 Å². The second-order valence-electron chi connectivity index (χ2n) is 4.66. The zero-order valence-electron chi connectivity index (χ0n) is 10.3. The summed E-state index contributed by atoms with van der Waals surface area (Å²) >= 11 is 5.71. The Balaban J connectivity index is 1.78. The molecule has 1 aliphatic carbocycles. The minimum absolute atomic E-state index is 0.112. The van der Waals surface area contributed by atoms with E-state index in [4.69, 9.17) is 11.6 Å². The van der Waals surface area contributed by atoms with Gasteiger partial charge >= 0.3 is 0 Å². The molecule has 1 amide bonds. The van der Waals surface area contributed by atoms with Crippen molar-refractivity contribution in [2.75, 3.05) is 5.32 Å². The predicted octanol–water partition coefficient (Wildman–Crippen LogP) is 3.48. The molecule has 96 valence electrons. The first-order valence-corrected chi connectivity index (χ1v) is 6.65. The summed E-state index contributed by atoms with van der Waals surface area (Å²) in [7, 11) is 0. The van der Waals surface area contributed by atoms with Crippen LogP contribution in [0.5, 0.6) is 0 Å². The molecule has 0 fully saturated rings. The van der Waals surface area contributed by atoms with E-state index in [-0.39, 0.29) is 5.91 Å². The number of fused-ring (bicyclic) bond motifs is 1. The van der Waals surface area contributed by atoms with Crippen LogP contribution >= 0.6 is 11.6 Å². The number of rotatable bonds is 2. The Kier molecular flexibility index (Phi) is 3.22. The number of benzene rings is 1. The number of carbonyl (C=O) groups is 1. The van der Waals surface area contributed by atoms with Gasteiger partial charge in [-0.2, -0.15) is 0 Å². The summed E-state index contributed by atoms with van der Waals surface area (Å²) in [6, 6.07) is 9.31. The lowest BCUT2D eigenvalue weighted by Gasteiger charge is -2.06. The fourth-order valence-electron chi connectivity index (χ4n) is 2.37. The summed E-state index contributed by atoms with van der Waals surface area (Å²) < 4.78 is 0. The zero-order chi connectivity index (χ0) is 13.2. The summed E-state index contributed by atoms with van der Waals surface area (Å²) in [5, 5.41) is 3.23. The summed E-state index contributed by atoms with van der Waals surface area (Å²) in [5.41, 5.74) is 4.00. The summed E-state index contributed by atoms with van der Waals surface area (Å²) in [5.74, 6) is -0.112. The molecule has 3 rings (SSSR count). The molecule has 1 N–H and O–H groups in total. The van der Waals surface area contributed by atoms with Gasteiger partial charge in [0.05, 0.1) is 11.9 Å². The maximum Gasteiger partial charge on any atom is 0.255 e. The lowest BCUT2D eigenvalue weighted by Crippen LogP contribution is -2.12. The van der Waals surface area contributed by atoms with Gasteiger partial charge in [-0.05, 0) is 54.7 Å². The maximum atomic E-state index is 12.1. The van der Waals surface area contributed by atoms with Gasteiger partial charge in [-0.3, -0.25) is 4.79 Å². The van der Waals surface area contributed by atoms with Crippen molar-refractivity contribution in [3.63, 3.8) is 0 Å². The Morgan fingerprint density at radius 1 is 1.16 bits per heavy atom. The Labute approximate surface area is 116 Å². The molecule has 0 unspecified atom stereocenters. The highest BCUT2D eigenvalue weighted by atomic mass is 35.5. The van der Waals surface area contributed by atoms with Crippen LogP contribution in [0.15, 0.2) is 36.5 Å². The molecular weight excluding hydrogens is 260 g/mol. The highest BCUT2D eigenvalue weighted by Crippen LogP contribution is 2.23. The van der Waals surface area contributed by atoms with Crippen molar-refractivity contribution in [3.05, 3.63) is 58.4 Å². The van der Waals surface area contributed by atoms with E-state index in [0.29, 0.717) is 16.4 Å². The molecule has 1 heterocycles. The Morgan fingerprint density at radius 3 is 2.79 bits per heavy atom. The van der Waals surface area contributed by atoms with E-state index in [1.54, 1.807) is 18.3 Å². The van der Waals surface area contributed by atoms with Crippen LogP contribution in [0.2, 0.25) is 5.15 Å². The van der Waals surface area contributed by atoms with Gasteiger partial charge in [0.2, 0.25) is 0 Å². The fraction of sp³-hybridized carbons (Fsp3) is 0.200. The van der Waals surface area contributed by atoms with Gasteiger partial charge < -0.3 is 5.32 Å². The van der Waals surface area contributed by atoms with E-state index in [2.05, 4.69) is 16.4 Å². The molecule has 2 aromatic rings. The van der Waals surface area contributed by atoms with Crippen molar-refractivity contribution in [1.29, 1.82) is 0 Å². The van der Waals surface area contributed by atoms with Crippen molar-refractivity contribution in [2.45, 2.75) is 19.3 Å². The molecule has 4 heteroatoms. The third-order valence-electron chi connectivity index (χ3n) is 3.35. The standard InChI is InChI=1S/C15H13ClN2O/c16-14-7-6-13(9-17-14)18-15(19)12-5-4-10-2-1-3-11(10)8-12/h4-9H,1-3H2,(H,18,19). The predicted molar refractivity (Wildman–Crippen MR) is 75.7 cm³/mol. The molecule has 0 saturated heterocycles. The maximum absolute atomic E-state index is 12.1. The van der Waals surface area contributed by atoms with Crippen LogP contribution in [0.4, 0.5) is 5.69 Å². The third-order valence-corrected chi connectivity index (χ3v) is 3.57. The smallest absolute Gasteiger partial charge is 0.255 e. The van der Waals surface area contributed by atoms with Gasteiger partial charge in [-0.1, -0.05) is 17.7 Å². The highest BCUT2D eigenvalue weighted by molar-refractivity contribution is 6.29. The second-order valence-corrected chi connectivity index (χ2v) is 5.05. The number of pyridine rings is 1. The van der Waals surface area contributed by atoms with Crippen LogP contribution < -0.4 is 5.32 Å². The fourth-order valence-corrected chi connectivity index (χ4v) is 2.48. The largest absolute Gasteiger partial charge is 0.321 e. The van der Waals surface area contributed by atoms with Crippen LogP contribution in [0, 0.1) is 0 Å². The van der Waals surface area contributed by atoms with E-state index >= 15 is 0 Å². The first-order chi connectivity index (χ1) is 9.22. The lowest BCUT2D eigenvalue weighted by atomic mass is 10.1. The SMILES string of the molecule is O=C(Nc1ccc(Cl)nc1)c1ccc2c(c1)CCC2. The molecule has 0 bridgehead atoms. The minimum Gasteiger partial charge on any atom is -0.321 e. The molecule has 1 aliphatic rings. The number of nitrogens with zero attached hydrogens (tertiary/aromatic N) is 1. The van der Waals surface area contributed by atoms with E-state index in [0.717, 1.165) is 12.8 Å². The molecule has 0 radical (unpaired) electrons. The quantitative estimate of drug-likeness (QED) is 0.851. The third kappa shape index (κ3) is 2.61. The number of nitrogens with one attached hydrogen (secondary N) is 1. The molecule has 1 aromatic carbocycles. The van der Waals surface area contributed by atoms with E-state index in [1.807, 2.05) is 12.1 Å². The average molecular weight is 273 g/mol. The molecular formula is C15H13ClN2O. The number of carbonyl (C=O) groups excluding carboxylic acids is 1. The van der Waals surface area contributed by atoms with Crippen LogP contribution in [-0.4, -0.2) is 10.9 Å². The molecule has 0 atom stereocenters. The number of hydrogen-bond donors (Lipinski definition) is 1. The van der Waals surface area contributed by atoms with Crippen molar-refractivity contribution < 1.29 is 4.79 Å². The molecule has 1 aromatic heterocycles. The van der Waals surface area contributed by atoms with Crippen LogP contribution in [-0.2, 0) is 12.8 Å². The molecule has 0 aliphatic heterocycles. The van der Waals surface area contributed by atoms with Crippen molar-refractivity contribution in [3.8, 4) is 0 Å². The zero-order valence-corrected chi connectivity index (χ0v) is 11.1. The normalized spacial score (nSPS) is 13.1. The number of halogens is 1. The van der Waals surface area contributed by atoms with Crippen molar-refractivity contribution in [2.24, 2.45) is 0 Å². The Bertz CT molecular complexity index is 623. The number of aromatic nitrogens is 1. The van der Waals surface area contributed by atoms with E-state index < -0.39 is 0 Å². The van der Waals surface area contributed by atoms with Crippen LogP contribution in [0.25, 0.3) is 0 Å². The van der Waals surface area contributed by atoms with Crippen molar-refractivity contribution in [1.82, 2.24) is 4.98 Å². The summed E-state index contributed by atoms with van der Waals surface area (Å²) in [6.45, 7) is 0. The summed E-state index contributed by atoms with van der Waals surface area (Å²) in [6.07, 6.45) is 4.92. The van der Waals surface area contributed by atoms with Crippen molar-refractivity contribution >= 4 is 23.2 Å². The average Bonchev–Trinajstić information content (AvgIpc) is 2.88. The van der Waals surface area contributed by atoms with Gasteiger partial charge in [0.25, 0.3) is 5.91 Å². The van der Waals surface area contributed by atoms with Gasteiger partial charge in [-0.25, -0.2) is 4.98 Å². The Morgan fingerprint density at radius 2 is 2.00 bits per heavy atom. The number of anilines is 1. The van der Waals surface area contributed by atoms with Gasteiger partial charge in [0.1, 0.15) is 5.15 Å². The monoisotopic (exact) mass is 272 g/mol. The molecule has 3 nitrogen and oxygen atoms in total. The first kappa shape index (κ1) is 12.2. The second kappa shape index (κ2) is 5.02. The first-order valence-electron chi connectivity index (χ1n) is 6.27. The number of amides is 1. The number of aryl methyl sites for hydroxylation is 2. The van der Waals surface area contributed by atoms with Crippen LogP contribution in [0.3, 0.4) is 0 Å². The van der Waals surface area contributed by atoms with E-state index in [9.17, 15) is 4.79 Å². The minimum atomic E-state index is -0.112. The molecule has 0 spiro atoms. The lowest BCUT2D eigenvalue weighted by molar-refractivity contribution is 0.102. The van der Waals surface area contributed by atoms with Crippen LogP contribution in [0.1, 0.15) is 27.9 Å². The Hall–Kier alpha value is -1.87. The van der Waals surface area contributed by atoms with Gasteiger partial charge in [0.15, 0.2) is 0 Å². The molecule has 19 heavy (non-hydrogen) atoms. The summed E-state index contributed by atoms with van der Waals surface area (Å²) in [4.78, 5) is 16.1. The molecule has 0 saturated carbocycles. The van der Waals surface area contributed by atoms with Gasteiger partial charge in [0, 0.05) is 5.56 Å². The van der Waals surface area contributed by atoms with Gasteiger partial charge in [-0.15, -0.1) is 0 Å². The highest BCUT2D eigenvalue weighted by Gasteiger charge is 2.14. The number of hydrogen-bond acceptors (Lipinski definition) is 2.